The van der Waals surface area contributed by atoms with E-state index in [0.29, 0.717) is 30.2 Å². The van der Waals surface area contributed by atoms with Crippen molar-refractivity contribution in [2.24, 2.45) is 0 Å². The Morgan fingerprint density at radius 3 is 2.95 bits per heavy atom. The standard InChI is InChI=1S/C15H20ClN3O2/c1-2-3-8-13-14(20)17-9-10-19(13)15(21)18-12-7-5-4-6-11(12)16/h4-7,13H,2-3,8-10H2,1H3,(H,17,20)(H,18,21)/t13-/m1/s1. The molecule has 1 aromatic carbocycles. The molecule has 21 heavy (non-hydrogen) atoms. The molecule has 1 fully saturated rings. The van der Waals surface area contributed by atoms with Crippen molar-refractivity contribution in [3.8, 4) is 0 Å². The number of para-hydroxylation sites is 1. The van der Waals surface area contributed by atoms with Crippen LogP contribution in [0.25, 0.3) is 0 Å². The fourth-order valence-corrected chi connectivity index (χ4v) is 2.57. The first-order valence-electron chi connectivity index (χ1n) is 7.23. The molecule has 0 bridgehead atoms. The molecule has 2 N–H and O–H groups in total. The second-order valence-corrected chi connectivity index (χ2v) is 5.46. The molecule has 5 nitrogen and oxygen atoms in total. The topological polar surface area (TPSA) is 61.4 Å². The van der Waals surface area contributed by atoms with E-state index in [1.807, 2.05) is 0 Å². The van der Waals surface area contributed by atoms with Crippen molar-refractivity contribution >= 4 is 29.2 Å². The van der Waals surface area contributed by atoms with Crippen molar-refractivity contribution in [2.45, 2.75) is 32.2 Å². The molecule has 2 rings (SSSR count). The van der Waals surface area contributed by atoms with Gasteiger partial charge in [-0.3, -0.25) is 4.79 Å². The quantitative estimate of drug-likeness (QED) is 0.898. The van der Waals surface area contributed by atoms with Crippen LogP contribution in [0.15, 0.2) is 24.3 Å². The van der Waals surface area contributed by atoms with Crippen LogP contribution in [-0.4, -0.2) is 36.0 Å². The van der Waals surface area contributed by atoms with Gasteiger partial charge in [-0.05, 0) is 18.6 Å². The first-order chi connectivity index (χ1) is 10.1. The second kappa shape index (κ2) is 7.31. The van der Waals surface area contributed by atoms with Crippen LogP contribution in [0, 0.1) is 0 Å². The SMILES string of the molecule is CCCC[C@@H]1C(=O)NCCN1C(=O)Nc1ccccc1Cl. The summed E-state index contributed by atoms with van der Waals surface area (Å²) in [5.41, 5.74) is 0.560. The lowest BCUT2D eigenvalue weighted by Crippen LogP contribution is -2.58. The summed E-state index contributed by atoms with van der Waals surface area (Å²) in [4.78, 5) is 26.0. The lowest BCUT2D eigenvalue weighted by atomic mass is 10.1. The minimum atomic E-state index is -0.402. The number of nitrogens with one attached hydrogen (secondary N) is 2. The number of benzene rings is 1. The van der Waals surface area contributed by atoms with Gasteiger partial charge in [0.25, 0.3) is 0 Å². The highest BCUT2D eigenvalue weighted by Gasteiger charge is 2.32. The van der Waals surface area contributed by atoms with Gasteiger partial charge in [-0.25, -0.2) is 4.79 Å². The smallest absolute Gasteiger partial charge is 0.322 e. The lowest BCUT2D eigenvalue weighted by Gasteiger charge is -2.35. The first-order valence-corrected chi connectivity index (χ1v) is 7.61. The largest absolute Gasteiger partial charge is 0.353 e. The molecule has 0 radical (unpaired) electrons. The Morgan fingerprint density at radius 2 is 2.24 bits per heavy atom. The summed E-state index contributed by atoms with van der Waals surface area (Å²) in [6.07, 6.45) is 2.58. The molecule has 1 saturated heterocycles. The highest BCUT2D eigenvalue weighted by atomic mass is 35.5. The molecule has 114 valence electrons. The zero-order chi connectivity index (χ0) is 15.2. The molecule has 6 heteroatoms. The molecule has 0 aromatic heterocycles. The number of rotatable bonds is 4. The molecule has 0 unspecified atom stereocenters. The summed E-state index contributed by atoms with van der Waals surface area (Å²) >= 11 is 6.04. The molecule has 1 heterocycles. The van der Waals surface area contributed by atoms with Gasteiger partial charge in [0.2, 0.25) is 5.91 Å². The van der Waals surface area contributed by atoms with E-state index in [4.69, 9.17) is 11.6 Å². The van der Waals surface area contributed by atoms with Gasteiger partial charge in [0.15, 0.2) is 0 Å². The second-order valence-electron chi connectivity index (χ2n) is 5.05. The average Bonchev–Trinajstić information content (AvgIpc) is 2.48. The summed E-state index contributed by atoms with van der Waals surface area (Å²) in [7, 11) is 0. The van der Waals surface area contributed by atoms with E-state index in [1.165, 1.54) is 0 Å². The number of unbranched alkanes of at least 4 members (excludes halogenated alkanes) is 1. The predicted octanol–water partition coefficient (Wildman–Crippen LogP) is 2.86. The molecule has 1 aromatic rings. The number of anilines is 1. The monoisotopic (exact) mass is 309 g/mol. The van der Waals surface area contributed by atoms with Crippen LogP contribution in [-0.2, 0) is 4.79 Å². The molecule has 3 amide bonds. The summed E-state index contributed by atoms with van der Waals surface area (Å²) < 4.78 is 0. The van der Waals surface area contributed by atoms with Crippen LogP contribution in [0.5, 0.6) is 0 Å². The van der Waals surface area contributed by atoms with Crippen LogP contribution in [0.3, 0.4) is 0 Å². The van der Waals surface area contributed by atoms with Gasteiger partial charge in [-0.15, -0.1) is 0 Å². The van der Waals surface area contributed by atoms with E-state index in [2.05, 4.69) is 17.6 Å². The number of hydrogen-bond acceptors (Lipinski definition) is 2. The lowest BCUT2D eigenvalue weighted by molar-refractivity contribution is -0.127. The Morgan fingerprint density at radius 1 is 1.48 bits per heavy atom. The van der Waals surface area contributed by atoms with Crippen LogP contribution >= 0.6 is 11.6 Å². The van der Waals surface area contributed by atoms with Crippen molar-refractivity contribution in [3.63, 3.8) is 0 Å². The van der Waals surface area contributed by atoms with E-state index >= 15 is 0 Å². The zero-order valence-electron chi connectivity index (χ0n) is 12.1. The highest BCUT2D eigenvalue weighted by Crippen LogP contribution is 2.22. The highest BCUT2D eigenvalue weighted by molar-refractivity contribution is 6.33. The number of piperazine rings is 1. The number of amides is 3. The van der Waals surface area contributed by atoms with Crippen LogP contribution in [0.1, 0.15) is 26.2 Å². The fraction of sp³-hybridized carbons (Fsp3) is 0.467. The number of urea groups is 1. The average molecular weight is 310 g/mol. The van der Waals surface area contributed by atoms with Crippen molar-refractivity contribution in [3.05, 3.63) is 29.3 Å². The summed E-state index contributed by atoms with van der Waals surface area (Å²) in [5.74, 6) is -0.0796. The van der Waals surface area contributed by atoms with E-state index in [-0.39, 0.29) is 11.9 Å². The Balaban J connectivity index is 2.08. The fourth-order valence-electron chi connectivity index (χ4n) is 2.39. The molecular weight excluding hydrogens is 290 g/mol. The summed E-state index contributed by atoms with van der Waals surface area (Å²) in [5, 5.41) is 6.08. The van der Waals surface area contributed by atoms with Gasteiger partial charge in [-0.1, -0.05) is 43.5 Å². The maximum Gasteiger partial charge on any atom is 0.322 e. The minimum Gasteiger partial charge on any atom is -0.353 e. The van der Waals surface area contributed by atoms with Gasteiger partial charge < -0.3 is 15.5 Å². The molecule has 1 atom stereocenters. The number of carbonyl (C=O) groups excluding carboxylic acids is 2. The van der Waals surface area contributed by atoms with Gasteiger partial charge in [0, 0.05) is 13.1 Å². The third-order valence-electron chi connectivity index (χ3n) is 3.54. The number of carbonyl (C=O) groups is 2. The molecule has 0 aliphatic carbocycles. The molecule has 1 aliphatic heterocycles. The van der Waals surface area contributed by atoms with Gasteiger partial charge >= 0.3 is 6.03 Å². The summed E-state index contributed by atoms with van der Waals surface area (Å²) in [6.45, 7) is 3.06. The Kier molecular flexibility index (Phi) is 5.44. The van der Waals surface area contributed by atoms with Gasteiger partial charge in [-0.2, -0.15) is 0 Å². The van der Waals surface area contributed by atoms with Gasteiger partial charge in [0.05, 0.1) is 10.7 Å². The normalized spacial score (nSPS) is 18.3. The van der Waals surface area contributed by atoms with Gasteiger partial charge in [0.1, 0.15) is 6.04 Å². The molecule has 0 saturated carbocycles. The third kappa shape index (κ3) is 3.88. The van der Waals surface area contributed by atoms with Crippen molar-refractivity contribution in [1.82, 2.24) is 10.2 Å². The molecule has 0 spiro atoms. The Bertz CT molecular complexity index is 521. The summed E-state index contributed by atoms with van der Waals surface area (Å²) in [6, 6.07) is 6.38. The predicted molar refractivity (Wildman–Crippen MR) is 83.5 cm³/mol. The number of nitrogens with zero attached hydrogens (tertiary/aromatic N) is 1. The zero-order valence-corrected chi connectivity index (χ0v) is 12.8. The number of hydrogen-bond donors (Lipinski definition) is 2. The number of halogens is 1. The maximum absolute atomic E-state index is 12.4. The van der Waals surface area contributed by atoms with Crippen molar-refractivity contribution in [1.29, 1.82) is 0 Å². The Labute approximate surface area is 129 Å². The van der Waals surface area contributed by atoms with Crippen LogP contribution < -0.4 is 10.6 Å². The van der Waals surface area contributed by atoms with Crippen molar-refractivity contribution in [2.75, 3.05) is 18.4 Å². The Hall–Kier alpha value is -1.75. The van der Waals surface area contributed by atoms with Crippen LogP contribution in [0.2, 0.25) is 5.02 Å². The van der Waals surface area contributed by atoms with Crippen LogP contribution in [0.4, 0.5) is 10.5 Å². The van der Waals surface area contributed by atoms with E-state index in [9.17, 15) is 9.59 Å². The molecule has 1 aliphatic rings. The minimum absolute atomic E-state index is 0.0796. The van der Waals surface area contributed by atoms with E-state index < -0.39 is 6.04 Å². The van der Waals surface area contributed by atoms with E-state index in [0.717, 1.165) is 12.8 Å². The maximum atomic E-state index is 12.4. The third-order valence-corrected chi connectivity index (χ3v) is 3.87. The van der Waals surface area contributed by atoms with Crippen molar-refractivity contribution < 1.29 is 9.59 Å². The van der Waals surface area contributed by atoms with E-state index in [1.54, 1.807) is 29.2 Å². The molecular formula is C15H20ClN3O2. The first kappa shape index (κ1) is 15.6.